The molecule has 0 bridgehead atoms. The number of fused-ring (bicyclic) bond motifs is 1. The van der Waals surface area contributed by atoms with E-state index in [0.717, 1.165) is 16.5 Å². The maximum Gasteiger partial charge on any atom is 0.321 e. The Bertz CT molecular complexity index is 517. The molecule has 16 heavy (non-hydrogen) atoms. The second-order valence-electron chi connectivity index (χ2n) is 3.73. The number of aromatic nitrogens is 1. The van der Waals surface area contributed by atoms with Crippen LogP contribution in [0.2, 0.25) is 0 Å². The zero-order valence-corrected chi connectivity index (χ0v) is 9.27. The van der Waals surface area contributed by atoms with Crippen LogP contribution < -0.4 is 5.32 Å². The summed E-state index contributed by atoms with van der Waals surface area (Å²) in [6.07, 6.45) is 3.49. The smallest absolute Gasteiger partial charge is 0.321 e. The van der Waals surface area contributed by atoms with Crippen LogP contribution in [-0.2, 0) is 0 Å². The Morgan fingerprint density at radius 1 is 1.31 bits per heavy atom. The number of amides is 2. The van der Waals surface area contributed by atoms with Gasteiger partial charge in [-0.1, -0.05) is 12.1 Å². The number of urea groups is 1. The molecule has 2 aromatic rings. The molecule has 0 radical (unpaired) electrons. The molecule has 0 atom stereocenters. The summed E-state index contributed by atoms with van der Waals surface area (Å²) in [4.78, 5) is 17.1. The number of carbonyl (C=O) groups excluding carboxylic acids is 1. The summed E-state index contributed by atoms with van der Waals surface area (Å²) >= 11 is 0. The van der Waals surface area contributed by atoms with Gasteiger partial charge in [0.15, 0.2) is 0 Å². The SMILES string of the molecule is CN(C)C(=O)Nc1cccc2cnccc12. The van der Waals surface area contributed by atoms with Crippen LogP contribution in [0.4, 0.5) is 10.5 Å². The molecule has 1 aromatic carbocycles. The number of hydrogen-bond donors (Lipinski definition) is 1. The van der Waals surface area contributed by atoms with Gasteiger partial charge in [0.05, 0.1) is 5.69 Å². The van der Waals surface area contributed by atoms with Crippen LogP contribution in [0.1, 0.15) is 0 Å². The summed E-state index contributed by atoms with van der Waals surface area (Å²) in [7, 11) is 3.42. The summed E-state index contributed by atoms with van der Waals surface area (Å²) in [5.74, 6) is 0. The van der Waals surface area contributed by atoms with Crippen molar-refractivity contribution in [3.63, 3.8) is 0 Å². The zero-order valence-electron chi connectivity index (χ0n) is 9.27. The van der Waals surface area contributed by atoms with Crippen molar-refractivity contribution in [2.24, 2.45) is 0 Å². The highest BCUT2D eigenvalue weighted by atomic mass is 16.2. The summed E-state index contributed by atoms with van der Waals surface area (Å²) in [6.45, 7) is 0. The van der Waals surface area contributed by atoms with E-state index in [9.17, 15) is 4.79 Å². The summed E-state index contributed by atoms with van der Waals surface area (Å²) in [6, 6.07) is 7.50. The average molecular weight is 215 g/mol. The maximum absolute atomic E-state index is 11.6. The van der Waals surface area contributed by atoms with Gasteiger partial charge in [-0.05, 0) is 12.1 Å². The van der Waals surface area contributed by atoms with Gasteiger partial charge in [-0.15, -0.1) is 0 Å². The Hall–Kier alpha value is -2.10. The lowest BCUT2D eigenvalue weighted by Crippen LogP contribution is -2.27. The second kappa shape index (κ2) is 4.18. The number of benzene rings is 1. The molecule has 0 saturated carbocycles. The third kappa shape index (κ3) is 1.95. The highest BCUT2D eigenvalue weighted by molar-refractivity contribution is 6.01. The van der Waals surface area contributed by atoms with Crippen LogP contribution in [-0.4, -0.2) is 30.0 Å². The number of hydrogen-bond acceptors (Lipinski definition) is 2. The molecule has 4 heteroatoms. The Kier molecular flexibility index (Phi) is 2.72. The van der Waals surface area contributed by atoms with E-state index in [4.69, 9.17) is 0 Å². The minimum Gasteiger partial charge on any atom is -0.331 e. The summed E-state index contributed by atoms with van der Waals surface area (Å²) in [5, 5.41) is 4.85. The topological polar surface area (TPSA) is 45.2 Å². The molecular formula is C12H13N3O. The molecule has 2 rings (SSSR count). The van der Waals surface area contributed by atoms with Crippen molar-refractivity contribution in [2.45, 2.75) is 0 Å². The Morgan fingerprint density at radius 2 is 2.12 bits per heavy atom. The third-order valence-corrected chi connectivity index (χ3v) is 2.33. The van der Waals surface area contributed by atoms with Crippen LogP contribution in [0.5, 0.6) is 0 Å². The summed E-state index contributed by atoms with van der Waals surface area (Å²) < 4.78 is 0. The number of nitrogens with zero attached hydrogens (tertiary/aromatic N) is 2. The van der Waals surface area contributed by atoms with Crippen molar-refractivity contribution in [3.8, 4) is 0 Å². The molecule has 0 fully saturated rings. The molecule has 1 N–H and O–H groups in total. The normalized spacial score (nSPS) is 10.1. The molecule has 4 nitrogen and oxygen atoms in total. The van der Waals surface area contributed by atoms with E-state index >= 15 is 0 Å². The first-order valence-corrected chi connectivity index (χ1v) is 4.99. The van der Waals surface area contributed by atoms with Gasteiger partial charge in [0.2, 0.25) is 0 Å². The van der Waals surface area contributed by atoms with Gasteiger partial charge < -0.3 is 10.2 Å². The van der Waals surface area contributed by atoms with Crippen LogP contribution >= 0.6 is 0 Å². The van der Waals surface area contributed by atoms with Crippen molar-refractivity contribution >= 4 is 22.5 Å². The number of nitrogens with one attached hydrogen (secondary N) is 1. The standard InChI is InChI=1S/C12H13N3O/c1-15(2)12(16)14-11-5-3-4-9-8-13-7-6-10(9)11/h3-8H,1-2H3,(H,14,16). The van der Waals surface area contributed by atoms with Gasteiger partial charge in [-0.25, -0.2) is 4.79 Å². The minimum absolute atomic E-state index is 0.135. The van der Waals surface area contributed by atoms with E-state index in [1.54, 1.807) is 26.5 Å². The van der Waals surface area contributed by atoms with Crippen molar-refractivity contribution in [1.82, 2.24) is 9.88 Å². The van der Waals surface area contributed by atoms with E-state index in [1.807, 2.05) is 24.3 Å². The van der Waals surface area contributed by atoms with Crippen molar-refractivity contribution in [2.75, 3.05) is 19.4 Å². The van der Waals surface area contributed by atoms with E-state index in [0.29, 0.717) is 0 Å². The lowest BCUT2D eigenvalue weighted by molar-refractivity contribution is 0.231. The Balaban J connectivity index is 2.41. The van der Waals surface area contributed by atoms with E-state index in [2.05, 4.69) is 10.3 Å². The van der Waals surface area contributed by atoms with Crippen molar-refractivity contribution in [1.29, 1.82) is 0 Å². The minimum atomic E-state index is -0.135. The van der Waals surface area contributed by atoms with Gasteiger partial charge in [0.1, 0.15) is 0 Å². The molecular weight excluding hydrogens is 202 g/mol. The summed E-state index contributed by atoms with van der Waals surface area (Å²) in [5.41, 5.74) is 0.804. The quantitative estimate of drug-likeness (QED) is 0.793. The Labute approximate surface area is 93.9 Å². The predicted molar refractivity (Wildman–Crippen MR) is 64.4 cm³/mol. The monoisotopic (exact) mass is 215 g/mol. The van der Waals surface area contributed by atoms with Gasteiger partial charge in [0, 0.05) is 37.3 Å². The molecule has 0 aliphatic heterocycles. The highest BCUT2D eigenvalue weighted by Crippen LogP contribution is 2.22. The van der Waals surface area contributed by atoms with Crippen LogP contribution in [0.25, 0.3) is 10.8 Å². The fourth-order valence-electron chi connectivity index (χ4n) is 1.46. The first kappa shape index (κ1) is 10.4. The molecule has 0 spiro atoms. The molecule has 0 saturated heterocycles. The first-order chi connectivity index (χ1) is 7.68. The molecule has 0 unspecified atom stereocenters. The third-order valence-electron chi connectivity index (χ3n) is 2.33. The lowest BCUT2D eigenvalue weighted by atomic mass is 10.1. The molecule has 1 heterocycles. The molecule has 1 aromatic heterocycles. The van der Waals surface area contributed by atoms with Crippen molar-refractivity contribution < 1.29 is 4.79 Å². The molecule has 0 aliphatic carbocycles. The first-order valence-electron chi connectivity index (χ1n) is 4.99. The maximum atomic E-state index is 11.6. The van der Waals surface area contributed by atoms with Gasteiger partial charge in [-0.2, -0.15) is 0 Å². The second-order valence-corrected chi connectivity index (χ2v) is 3.73. The Morgan fingerprint density at radius 3 is 2.88 bits per heavy atom. The predicted octanol–water partition coefficient (Wildman–Crippen LogP) is 2.33. The van der Waals surface area contributed by atoms with Crippen LogP contribution in [0.3, 0.4) is 0 Å². The van der Waals surface area contributed by atoms with E-state index < -0.39 is 0 Å². The number of rotatable bonds is 1. The molecule has 0 aliphatic rings. The fourth-order valence-corrected chi connectivity index (χ4v) is 1.46. The largest absolute Gasteiger partial charge is 0.331 e. The lowest BCUT2D eigenvalue weighted by Gasteiger charge is -2.13. The van der Waals surface area contributed by atoms with Crippen LogP contribution in [0.15, 0.2) is 36.7 Å². The average Bonchev–Trinajstić information content (AvgIpc) is 2.29. The number of carbonyl (C=O) groups is 1. The highest BCUT2D eigenvalue weighted by Gasteiger charge is 2.06. The van der Waals surface area contributed by atoms with Crippen molar-refractivity contribution in [3.05, 3.63) is 36.7 Å². The van der Waals surface area contributed by atoms with Gasteiger partial charge >= 0.3 is 6.03 Å². The van der Waals surface area contributed by atoms with Gasteiger partial charge in [-0.3, -0.25) is 4.98 Å². The molecule has 2 amide bonds. The zero-order chi connectivity index (χ0) is 11.5. The van der Waals surface area contributed by atoms with Crippen LogP contribution in [0, 0.1) is 0 Å². The molecule has 82 valence electrons. The van der Waals surface area contributed by atoms with E-state index in [-0.39, 0.29) is 6.03 Å². The number of anilines is 1. The fraction of sp³-hybridized carbons (Fsp3) is 0.167. The number of pyridine rings is 1. The van der Waals surface area contributed by atoms with E-state index in [1.165, 1.54) is 4.90 Å². The van der Waals surface area contributed by atoms with Gasteiger partial charge in [0.25, 0.3) is 0 Å².